The van der Waals surface area contributed by atoms with Crippen LogP contribution < -0.4 is 4.72 Å². The summed E-state index contributed by atoms with van der Waals surface area (Å²) in [6.45, 7) is 1.59. The molecule has 1 aromatic heterocycles. The summed E-state index contributed by atoms with van der Waals surface area (Å²) in [5, 5.41) is 0. The lowest BCUT2D eigenvalue weighted by Crippen LogP contribution is -2.24. The Morgan fingerprint density at radius 2 is 1.92 bits per heavy atom. The Balaban J connectivity index is 1.83. The van der Waals surface area contributed by atoms with Crippen molar-refractivity contribution in [1.82, 2.24) is 9.71 Å². The molecule has 0 unspecified atom stereocenters. The third-order valence-corrected chi connectivity index (χ3v) is 4.92. The van der Waals surface area contributed by atoms with Crippen LogP contribution in [-0.4, -0.2) is 13.4 Å². The van der Waals surface area contributed by atoms with E-state index >= 15 is 0 Å². The maximum Gasteiger partial charge on any atom is 0.243 e. The van der Waals surface area contributed by atoms with E-state index in [9.17, 15) is 12.8 Å². The fourth-order valence-electron chi connectivity index (χ4n) is 2.28. The van der Waals surface area contributed by atoms with Crippen LogP contribution in [0.5, 0.6) is 0 Å². The van der Waals surface area contributed by atoms with Gasteiger partial charge in [-0.05, 0) is 24.6 Å². The second-order valence-electron chi connectivity index (χ2n) is 5.25. The van der Waals surface area contributed by atoms with Gasteiger partial charge in [-0.3, -0.25) is 0 Å². The molecule has 0 bridgehead atoms. The van der Waals surface area contributed by atoms with Crippen LogP contribution in [0.4, 0.5) is 4.39 Å². The number of nitrogens with one attached hydrogen (secondary N) is 1. The van der Waals surface area contributed by atoms with Crippen molar-refractivity contribution in [3.05, 3.63) is 72.0 Å². The van der Waals surface area contributed by atoms with E-state index in [1.807, 2.05) is 30.3 Å². The van der Waals surface area contributed by atoms with E-state index in [0.29, 0.717) is 17.0 Å². The highest BCUT2D eigenvalue weighted by Gasteiger charge is 2.20. The molecule has 0 atom stereocenters. The summed E-state index contributed by atoms with van der Waals surface area (Å²) in [5.74, 6) is -0.311. The minimum absolute atomic E-state index is 0.101. The number of hydrogen-bond donors (Lipinski definition) is 1. The molecule has 5 nitrogen and oxygen atoms in total. The molecule has 0 saturated heterocycles. The number of nitrogens with zero attached hydrogens (tertiary/aromatic N) is 1. The van der Waals surface area contributed by atoms with Crippen LogP contribution in [0.3, 0.4) is 0 Å². The van der Waals surface area contributed by atoms with Gasteiger partial charge in [0.25, 0.3) is 0 Å². The third kappa shape index (κ3) is 3.37. The zero-order valence-corrected chi connectivity index (χ0v) is 13.7. The first-order valence-electron chi connectivity index (χ1n) is 7.21. The maximum absolute atomic E-state index is 13.9. The van der Waals surface area contributed by atoms with Gasteiger partial charge in [0, 0.05) is 5.56 Å². The van der Waals surface area contributed by atoms with E-state index in [2.05, 4.69) is 9.71 Å². The van der Waals surface area contributed by atoms with Gasteiger partial charge in [0.05, 0.1) is 6.54 Å². The molecule has 1 N–H and O–H groups in total. The fourth-order valence-corrected chi connectivity index (χ4v) is 3.33. The molecule has 0 spiro atoms. The van der Waals surface area contributed by atoms with Crippen molar-refractivity contribution in [2.45, 2.75) is 18.4 Å². The Morgan fingerprint density at radius 3 is 2.62 bits per heavy atom. The van der Waals surface area contributed by atoms with Crippen LogP contribution in [0, 0.1) is 12.7 Å². The van der Waals surface area contributed by atoms with Gasteiger partial charge in [-0.2, -0.15) is 0 Å². The molecular weight excluding hydrogens is 331 g/mol. The van der Waals surface area contributed by atoms with Crippen LogP contribution in [0.25, 0.3) is 11.3 Å². The molecule has 0 aliphatic rings. The first-order chi connectivity index (χ1) is 11.5. The summed E-state index contributed by atoms with van der Waals surface area (Å²) in [4.78, 5) is 3.65. The molecule has 7 heteroatoms. The minimum Gasteiger partial charge on any atom is -0.443 e. The van der Waals surface area contributed by atoms with Gasteiger partial charge >= 0.3 is 0 Å². The second kappa shape index (κ2) is 6.54. The summed E-state index contributed by atoms with van der Waals surface area (Å²) in [5.41, 5.74) is 1.86. The Labute approximate surface area is 139 Å². The van der Waals surface area contributed by atoms with E-state index in [4.69, 9.17) is 4.42 Å². The van der Waals surface area contributed by atoms with Crippen molar-refractivity contribution in [2.75, 3.05) is 0 Å². The fraction of sp³-hybridized carbons (Fsp3) is 0.118. The number of rotatable bonds is 5. The Hall–Kier alpha value is -2.51. The predicted molar refractivity (Wildman–Crippen MR) is 87.1 cm³/mol. The average molecular weight is 346 g/mol. The van der Waals surface area contributed by atoms with Crippen LogP contribution >= 0.6 is 0 Å². The largest absolute Gasteiger partial charge is 0.443 e. The molecule has 3 aromatic rings. The third-order valence-electron chi connectivity index (χ3n) is 3.48. The lowest BCUT2D eigenvalue weighted by Gasteiger charge is -2.08. The van der Waals surface area contributed by atoms with Gasteiger partial charge in [-0.25, -0.2) is 22.5 Å². The first-order valence-corrected chi connectivity index (χ1v) is 8.69. The minimum atomic E-state index is -3.99. The summed E-state index contributed by atoms with van der Waals surface area (Å²) in [6, 6.07) is 13.2. The highest BCUT2D eigenvalue weighted by atomic mass is 32.2. The van der Waals surface area contributed by atoms with E-state index in [0.717, 1.165) is 5.56 Å². The van der Waals surface area contributed by atoms with Crippen LogP contribution in [-0.2, 0) is 16.6 Å². The molecule has 3 rings (SSSR count). The molecule has 2 aromatic carbocycles. The molecule has 0 aliphatic heterocycles. The molecular formula is C17H15FN2O3S. The quantitative estimate of drug-likeness (QED) is 0.770. The van der Waals surface area contributed by atoms with Gasteiger partial charge in [0.2, 0.25) is 10.0 Å². The molecule has 0 saturated carbocycles. The van der Waals surface area contributed by atoms with Crippen molar-refractivity contribution >= 4 is 10.0 Å². The van der Waals surface area contributed by atoms with E-state index in [-0.39, 0.29) is 6.54 Å². The second-order valence-corrected chi connectivity index (χ2v) is 6.99. The maximum atomic E-state index is 13.9. The van der Waals surface area contributed by atoms with Crippen molar-refractivity contribution in [2.24, 2.45) is 0 Å². The molecule has 0 fully saturated rings. The number of aromatic nitrogens is 1. The summed E-state index contributed by atoms with van der Waals surface area (Å²) in [6.07, 6.45) is 1.25. The highest BCUT2D eigenvalue weighted by molar-refractivity contribution is 7.89. The zero-order valence-electron chi connectivity index (χ0n) is 12.9. The zero-order chi connectivity index (χ0) is 17.2. The summed E-state index contributed by atoms with van der Waals surface area (Å²) in [7, 11) is -3.99. The van der Waals surface area contributed by atoms with E-state index < -0.39 is 20.7 Å². The van der Waals surface area contributed by atoms with Gasteiger partial charge in [-0.15, -0.1) is 0 Å². The van der Waals surface area contributed by atoms with Crippen molar-refractivity contribution < 1.29 is 17.2 Å². The monoisotopic (exact) mass is 346 g/mol. The smallest absolute Gasteiger partial charge is 0.243 e. The number of halogens is 1. The van der Waals surface area contributed by atoms with Crippen molar-refractivity contribution in [3.63, 3.8) is 0 Å². The number of oxazole rings is 1. The molecule has 0 radical (unpaired) electrons. The molecule has 24 heavy (non-hydrogen) atoms. The normalized spacial score (nSPS) is 11.6. The van der Waals surface area contributed by atoms with Crippen LogP contribution in [0.1, 0.15) is 11.3 Å². The Bertz CT molecular complexity index is 953. The predicted octanol–water partition coefficient (Wildman–Crippen LogP) is 3.27. The number of hydrogen-bond acceptors (Lipinski definition) is 4. The number of aryl methyl sites for hydroxylation is 1. The Morgan fingerprint density at radius 1 is 1.17 bits per heavy atom. The molecule has 0 aliphatic carbocycles. The Kier molecular flexibility index (Phi) is 4.46. The summed E-state index contributed by atoms with van der Waals surface area (Å²) < 4.78 is 46.2. The van der Waals surface area contributed by atoms with E-state index in [1.54, 1.807) is 13.0 Å². The standard InChI is InChI=1S/C17H15FN2O3S/c1-12-7-8-16(14(18)9-12)24(21,22)20-10-15-17(23-11-19-15)13-5-3-2-4-6-13/h2-9,11,20H,10H2,1H3. The van der Waals surface area contributed by atoms with Crippen LogP contribution in [0.15, 0.2) is 64.2 Å². The number of benzene rings is 2. The highest BCUT2D eigenvalue weighted by Crippen LogP contribution is 2.23. The van der Waals surface area contributed by atoms with Gasteiger partial charge in [0.15, 0.2) is 12.2 Å². The van der Waals surface area contributed by atoms with Gasteiger partial charge in [-0.1, -0.05) is 36.4 Å². The number of sulfonamides is 1. The summed E-state index contributed by atoms with van der Waals surface area (Å²) >= 11 is 0. The lowest BCUT2D eigenvalue weighted by atomic mass is 10.1. The van der Waals surface area contributed by atoms with Crippen LogP contribution in [0.2, 0.25) is 0 Å². The van der Waals surface area contributed by atoms with Crippen molar-refractivity contribution in [3.8, 4) is 11.3 Å². The lowest BCUT2D eigenvalue weighted by molar-refractivity contribution is 0.555. The molecule has 124 valence electrons. The molecule has 0 amide bonds. The topological polar surface area (TPSA) is 72.2 Å². The van der Waals surface area contributed by atoms with Gasteiger partial charge < -0.3 is 4.42 Å². The SMILES string of the molecule is Cc1ccc(S(=O)(=O)NCc2ncoc2-c2ccccc2)c(F)c1. The van der Waals surface area contributed by atoms with Crippen molar-refractivity contribution in [1.29, 1.82) is 0 Å². The first kappa shape index (κ1) is 16.4. The molecule has 1 heterocycles. The van der Waals surface area contributed by atoms with E-state index in [1.165, 1.54) is 18.5 Å². The van der Waals surface area contributed by atoms with Gasteiger partial charge in [0.1, 0.15) is 16.4 Å². The average Bonchev–Trinajstić information content (AvgIpc) is 3.02.